The van der Waals surface area contributed by atoms with E-state index >= 15 is 0 Å². The molecule has 0 aromatic carbocycles. The first-order valence-electron chi connectivity index (χ1n) is 5.56. The number of rotatable bonds is 3. The smallest absolute Gasteiger partial charge is 0 e. The summed E-state index contributed by atoms with van der Waals surface area (Å²) in [6.07, 6.45) is 4.73. The summed E-state index contributed by atoms with van der Waals surface area (Å²) in [5.41, 5.74) is 0.819. The van der Waals surface area contributed by atoms with E-state index < -0.39 is 0 Å². The van der Waals surface area contributed by atoms with Crippen LogP contribution in [0.5, 0.6) is 0 Å². The predicted octanol–water partition coefficient (Wildman–Crippen LogP) is 4.86. The first-order chi connectivity index (χ1) is 6.19. The van der Waals surface area contributed by atoms with Gasteiger partial charge in [0.2, 0.25) is 0 Å². The SMILES string of the molecule is CC(C)(C)C(CCC=CP)C(C)(C)C.[Pd]. The molecular formula is C13H27PPd. The molecule has 2 heteroatoms. The maximum Gasteiger partial charge on any atom is 0 e. The summed E-state index contributed by atoms with van der Waals surface area (Å²) in [5.74, 6) is 2.85. The second-order valence-corrected chi connectivity index (χ2v) is 6.68. The van der Waals surface area contributed by atoms with Crippen molar-refractivity contribution in [2.75, 3.05) is 0 Å². The average Bonchev–Trinajstić information content (AvgIpc) is 1.92. The predicted molar refractivity (Wildman–Crippen MR) is 70.5 cm³/mol. The standard InChI is InChI=1S/C13H27P.Pd/c1-12(2,3)11(13(4,5)6)9-7-8-10-14;/h8,10-11H,7,9,14H2,1-6H3;. The van der Waals surface area contributed by atoms with Gasteiger partial charge in [0.15, 0.2) is 0 Å². The van der Waals surface area contributed by atoms with E-state index in [1.54, 1.807) is 0 Å². The molecule has 0 saturated heterocycles. The third-order valence-electron chi connectivity index (χ3n) is 2.85. The van der Waals surface area contributed by atoms with Gasteiger partial charge in [0.05, 0.1) is 0 Å². The molecule has 0 radical (unpaired) electrons. The molecule has 1 unspecified atom stereocenters. The van der Waals surface area contributed by atoms with Gasteiger partial charge >= 0.3 is 0 Å². The molecule has 0 N–H and O–H groups in total. The molecule has 94 valence electrons. The Morgan fingerprint density at radius 2 is 1.40 bits per heavy atom. The molecule has 0 nitrogen and oxygen atoms in total. The van der Waals surface area contributed by atoms with E-state index in [1.165, 1.54) is 12.8 Å². The molecule has 0 aliphatic rings. The quantitative estimate of drug-likeness (QED) is 0.514. The average molecular weight is 321 g/mol. The van der Waals surface area contributed by atoms with Crippen LogP contribution >= 0.6 is 9.24 Å². The summed E-state index contributed by atoms with van der Waals surface area (Å²) in [4.78, 5) is 0. The normalized spacial score (nSPS) is 13.3. The topological polar surface area (TPSA) is 0 Å². The third kappa shape index (κ3) is 7.68. The Bertz CT molecular complexity index is 170. The van der Waals surface area contributed by atoms with E-state index in [0.29, 0.717) is 10.8 Å². The molecule has 0 bridgehead atoms. The largest absolute Gasteiger partial charge is 0.114 e. The second-order valence-electron chi connectivity index (χ2n) is 6.29. The molecule has 0 aromatic rings. The van der Waals surface area contributed by atoms with Gasteiger partial charge in [-0.2, -0.15) is 0 Å². The molecule has 1 atom stereocenters. The van der Waals surface area contributed by atoms with Crippen LogP contribution in [0.15, 0.2) is 11.9 Å². The van der Waals surface area contributed by atoms with E-state index in [-0.39, 0.29) is 20.4 Å². The van der Waals surface area contributed by atoms with Crippen molar-refractivity contribution in [2.24, 2.45) is 16.7 Å². The number of hydrogen-bond acceptors (Lipinski definition) is 0. The fraction of sp³-hybridized carbons (Fsp3) is 0.846. The van der Waals surface area contributed by atoms with Crippen LogP contribution in [0, 0.1) is 16.7 Å². The number of allylic oxidation sites excluding steroid dienone is 1. The zero-order chi connectivity index (χ0) is 11.4. The van der Waals surface area contributed by atoms with Crippen LogP contribution in [-0.2, 0) is 20.4 Å². The van der Waals surface area contributed by atoms with Crippen LogP contribution in [0.1, 0.15) is 54.4 Å². The number of hydrogen-bond donors (Lipinski definition) is 0. The van der Waals surface area contributed by atoms with Gasteiger partial charge in [-0.05, 0) is 29.6 Å². The fourth-order valence-corrected chi connectivity index (χ4v) is 2.72. The molecule has 0 aromatic heterocycles. The molecule has 0 aliphatic carbocycles. The zero-order valence-electron chi connectivity index (χ0n) is 11.0. The van der Waals surface area contributed by atoms with E-state index in [4.69, 9.17) is 0 Å². The molecule has 15 heavy (non-hydrogen) atoms. The van der Waals surface area contributed by atoms with Gasteiger partial charge in [-0.15, -0.1) is 9.24 Å². The Morgan fingerprint density at radius 3 is 1.67 bits per heavy atom. The van der Waals surface area contributed by atoms with Gasteiger partial charge in [-0.3, -0.25) is 0 Å². The van der Waals surface area contributed by atoms with Crippen LogP contribution in [0.25, 0.3) is 0 Å². The zero-order valence-corrected chi connectivity index (χ0v) is 13.7. The van der Waals surface area contributed by atoms with Gasteiger partial charge < -0.3 is 0 Å². The summed E-state index contributed by atoms with van der Waals surface area (Å²) in [7, 11) is 2.64. The van der Waals surface area contributed by atoms with Crippen LogP contribution in [0.2, 0.25) is 0 Å². The molecule has 0 fully saturated rings. The molecule has 0 amide bonds. The maximum atomic E-state index is 2.64. The molecule has 0 aliphatic heterocycles. The van der Waals surface area contributed by atoms with Crippen molar-refractivity contribution in [3.05, 3.63) is 11.9 Å². The van der Waals surface area contributed by atoms with E-state index in [9.17, 15) is 0 Å². The summed E-state index contributed by atoms with van der Waals surface area (Å²) < 4.78 is 0. The van der Waals surface area contributed by atoms with Crippen LogP contribution < -0.4 is 0 Å². The molecule has 0 saturated carbocycles. The van der Waals surface area contributed by atoms with Crippen molar-refractivity contribution in [1.29, 1.82) is 0 Å². The van der Waals surface area contributed by atoms with E-state index in [2.05, 4.69) is 62.7 Å². The van der Waals surface area contributed by atoms with Crippen molar-refractivity contribution < 1.29 is 20.4 Å². The van der Waals surface area contributed by atoms with E-state index in [1.807, 2.05) is 0 Å². The van der Waals surface area contributed by atoms with Crippen molar-refractivity contribution in [3.8, 4) is 0 Å². The van der Waals surface area contributed by atoms with Crippen molar-refractivity contribution in [3.63, 3.8) is 0 Å². The monoisotopic (exact) mass is 320 g/mol. The summed E-state index contributed by atoms with van der Waals surface area (Å²) in [6, 6.07) is 0. The van der Waals surface area contributed by atoms with Crippen molar-refractivity contribution >= 4 is 9.24 Å². The second kappa shape index (κ2) is 7.22. The fourth-order valence-electron chi connectivity index (χ4n) is 2.52. The summed E-state index contributed by atoms with van der Waals surface area (Å²) in [6.45, 7) is 14.1. The van der Waals surface area contributed by atoms with Crippen LogP contribution in [0.3, 0.4) is 0 Å². The molecule has 0 rings (SSSR count). The Labute approximate surface area is 113 Å². The first-order valence-corrected chi connectivity index (χ1v) is 6.23. The Balaban J connectivity index is 0. The van der Waals surface area contributed by atoms with Gasteiger partial charge in [0.25, 0.3) is 0 Å². The minimum atomic E-state index is 0. The summed E-state index contributed by atoms with van der Waals surface area (Å²) >= 11 is 0. The van der Waals surface area contributed by atoms with E-state index in [0.717, 1.165) is 5.92 Å². The minimum absolute atomic E-state index is 0. The third-order valence-corrected chi connectivity index (χ3v) is 3.12. The van der Waals surface area contributed by atoms with Gasteiger partial charge in [-0.1, -0.05) is 53.4 Å². The molecule has 0 spiro atoms. The maximum absolute atomic E-state index is 2.64. The van der Waals surface area contributed by atoms with Gasteiger partial charge in [0, 0.05) is 20.4 Å². The minimum Gasteiger partial charge on any atom is -0.114 e. The Kier molecular flexibility index (Phi) is 8.76. The van der Waals surface area contributed by atoms with Crippen LogP contribution in [0.4, 0.5) is 0 Å². The van der Waals surface area contributed by atoms with Crippen LogP contribution in [-0.4, -0.2) is 0 Å². The van der Waals surface area contributed by atoms with Gasteiger partial charge in [-0.25, -0.2) is 0 Å². The molecular weight excluding hydrogens is 294 g/mol. The molecule has 0 heterocycles. The Morgan fingerprint density at radius 1 is 1.00 bits per heavy atom. The Hall–Kier alpha value is 0.832. The van der Waals surface area contributed by atoms with Gasteiger partial charge in [0.1, 0.15) is 0 Å². The first kappa shape index (κ1) is 18.2. The van der Waals surface area contributed by atoms with Crippen molar-refractivity contribution in [2.45, 2.75) is 54.4 Å². The summed E-state index contributed by atoms with van der Waals surface area (Å²) in [5, 5.41) is 0. The van der Waals surface area contributed by atoms with Crippen molar-refractivity contribution in [1.82, 2.24) is 0 Å².